The van der Waals surface area contributed by atoms with Crippen molar-refractivity contribution in [2.24, 2.45) is 0 Å². The van der Waals surface area contributed by atoms with Gasteiger partial charge in [-0.05, 0) is 72.2 Å². The third kappa shape index (κ3) is 12.0. The minimum absolute atomic E-state index is 0.569. The fraction of sp³-hybridized carbons (Fsp3) is 0.276. The molecule has 8 bridgehead atoms. The molecule has 0 amide bonds. The highest BCUT2D eigenvalue weighted by molar-refractivity contribution is 5.51. The van der Waals surface area contributed by atoms with Gasteiger partial charge < -0.3 is 29.4 Å². The van der Waals surface area contributed by atoms with Crippen LogP contribution in [0.1, 0.15) is 72.2 Å². The molecule has 0 unspecified atom stereocenters. The lowest BCUT2D eigenvalue weighted by Gasteiger charge is -2.30. The van der Waals surface area contributed by atoms with Crippen molar-refractivity contribution < 1.29 is 0 Å². The van der Waals surface area contributed by atoms with Crippen molar-refractivity contribution in [3.8, 4) is 0 Å². The van der Waals surface area contributed by atoms with E-state index in [-0.39, 0.29) is 0 Å². The topological polar surface area (TPSA) is 96.8 Å². The lowest BCUT2D eigenvalue weighted by molar-refractivity contribution is 0.704. The molecule has 0 N–H and O–H groups in total. The van der Waals surface area contributed by atoms with E-state index in [1.807, 2.05) is 0 Å². The van der Waals surface area contributed by atoms with E-state index < -0.39 is 0 Å². The highest BCUT2D eigenvalue weighted by Crippen LogP contribution is 2.29. The van der Waals surface area contributed by atoms with Crippen molar-refractivity contribution >= 4 is 35.7 Å². The van der Waals surface area contributed by atoms with Crippen LogP contribution in [0.25, 0.3) is 0 Å². The third-order valence-corrected chi connectivity index (χ3v) is 12.8. The Morgan fingerprint density at radius 3 is 0.786 bits per heavy atom. The summed E-state index contributed by atoms with van der Waals surface area (Å²) in [5, 5.41) is 0. The number of rotatable bonds is 14. The zero-order valence-electron chi connectivity index (χ0n) is 41.0. The smallest absolute Gasteiger partial charge is 0.232 e. The quantitative estimate of drug-likeness (QED) is 0.104. The first-order valence-corrected chi connectivity index (χ1v) is 24.8. The SMILES string of the molecule is CCN(CC)c1nc2nc(n1)N(Cc1ccccc1)Cc1cccc(c1)CN(Cc1ccccc1)c1nc(N(CC)CC)nc(n1)N(Cc1ccccc1)Cc1cccc(c1)CN2Cc1ccccc1. The van der Waals surface area contributed by atoms with E-state index in [4.69, 9.17) is 29.9 Å². The molecule has 3 heterocycles. The monoisotopic (exact) mass is 929 g/mol. The van der Waals surface area contributed by atoms with Crippen LogP contribution in [-0.2, 0) is 52.4 Å². The molecule has 12 heteroatoms. The second-order valence-corrected chi connectivity index (χ2v) is 17.8. The van der Waals surface area contributed by atoms with Gasteiger partial charge in [-0.25, -0.2) is 0 Å². The van der Waals surface area contributed by atoms with Gasteiger partial charge in [-0.2, -0.15) is 29.9 Å². The Balaban J connectivity index is 1.24. The fourth-order valence-electron chi connectivity index (χ4n) is 9.09. The molecule has 1 aliphatic rings. The number of hydrogen-bond donors (Lipinski definition) is 0. The summed E-state index contributed by atoms with van der Waals surface area (Å²) in [7, 11) is 0. The lowest BCUT2D eigenvalue weighted by atomic mass is 10.1. The van der Waals surface area contributed by atoms with Crippen molar-refractivity contribution in [2.75, 3.05) is 55.6 Å². The number of fused-ring (bicyclic) bond motifs is 8. The summed E-state index contributed by atoms with van der Waals surface area (Å²) in [5.74, 6) is 3.85. The molecule has 356 valence electrons. The van der Waals surface area contributed by atoms with Crippen molar-refractivity contribution in [1.29, 1.82) is 0 Å². The van der Waals surface area contributed by atoms with Crippen LogP contribution in [0.5, 0.6) is 0 Å². The van der Waals surface area contributed by atoms with Crippen molar-refractivity contribution in [3.05, 3.63) is 214 Å². The number of nitrogens with zero attached hydrogens (tertiary/aromatic N) is 12. The Labute approximate surface area is 414 Å². The van der Waals surface area contributed by atoms with Crippen LogP contribution in [-0.4, -0.2) is 56.1 Å². The number of benzene rings is 6. The number of aromatic nitrogens is 6. The Bertz CT molecular complexity index is 2510. The minimum Gasteiger partial charge on any atom is -0.341 e. The van der Waals surface area contributed by atoms with Gasteiger partial charge in [0.1, 0.15) is 0 Å². The molecule has 1 aliphatic heterocycles. The Hall–Kier alpha value is -7.86. The van der Waals surface area contributed by atoms with Crippen LogP contribution in [0.2, 0.25) is 0 Å². The molecular formula is C58H64N12. The van der Waals surface area contributed by atoms with Gasteiger partial charge in [0.15, 0.2) is 0 Å². The first-order valence-electron chi connectivity index (χ1n) is 24.8. The summed E-state index contributed by atoms with van der Waals surface area (Å²) < 4.78 is 0. The maximum Gasteiger partial charge on any atom is 0.232 e. The molecule has 12 nitrogen and oxygen atoms in total. The molecule has 0 saturated carbocycles. The van der Waals surface area contributed by atoms with Crippen molar-refractivity contribution in [3.63, 3.8) is 0 Å². The predicted molar refractivity (Wildman–Crippen MR) is 285 cm³/mol. The zero-order chi connectivity index (χ0) is 48.1. The molecule has 0 atom stereocenters. The van der Waals surface area contributed by atoms with Crippen LogP contribution >= 0.6 is 0 Å². The molecule has 6 aromatic carbocycles. The predicted octanol–water partition coefficient (Wildman–Crippen LogP) is 10.9. The van der Waals surface area contributed by atoms with Crippen LogP contribution in [0.3, 0.4) is 0 Å². The maximum absolute atomic E-state index is 5.44. The number of anilines is 6. The summed E-state index contributed by atoms with van der Waals surface area (Å²) >= 11 is 0. The molecule has 9 rings (SSSR count). The van der Waals surface area contributed by atoms with Crippen LogP contribution in [0.4, 0.5) is 35.7 Å². The van der Waals surface area contributed by atoms with Crippen LogP contribution in [0.15, 0.2) is 170 Å². The summed E-state index contributed by atoms with van der Waals surface area (Å²) in [6.07, 6.45) is 0. The van der Waals surface area contributed by atoms with Gasteiger partial charge in [0.25, 0.3) is 0 Å². The van der Waals surface area contributed by atoms with Crippen LogP contribution in [0, 0.1) is 0 Å². The number of hydrogen-bond acceptors (Lipinski definition) is 12. The van der Waals surface area contributed by atoms with E-state index in [2.05, 4.69) is 227 Å². The summed E-state index contributed by atoms with van der Waals surface area (Å²) in [4.78, 5) is 45.7. The van der Waals surface area contributed by atoms with Crippen molar-refractivity contribution in [1.82, 2.24) is 29.9 Å². The van der Waals surface area contributed by atoms with Gasteiger partial charge in [0.05, 0.1) is 0 Å². The highest BCUT2D eigenvalue weighted by atomic mass is 15.4. The minimum atomic E-state index is 0.569. The molecule has 0 saturated heterocycles. The van der Waals surface area contributed by atoms with Gasteiger partial charge in [-0.1, -0.05) is 170 Å². The molecule has 0 fully saturated rings. The van der Waals surface area contributed by atoms with E-state index in [0.717, 1.165) is 48.4 Å². The molecule has 8 aromatic rings. The maximum atomic E-state index is 5.44. The lowest BCUT2D eigenvalue weighted by Crippen LogP contribution is -2.32. The average Bonchev–Trinajstić information content (AvgIpc) is 3.40. The second kappa shape index (κ2) is 23.0. The summed E-state index contributed by atoms with van der Waals surface area (Å²) in [5.41, 5.74) is 9.23. The molecule has 0 spiro atoms. The Morgan fingerprint density at radius 1 is 0.314 bits per heavy atom. The standard InChI is InChI=1S/C58H64N12/c1-5-65(6-2)53-59-55-63-56(60-53)68(38-46-25-15-10-16-26-46)42-50-32-22-34-52(36-50)44-70(40-48-29-19-12-20-30-48)58-62-54(66(7-3)8-4)61-57(64-58)69(39-47-27-17-11-18-28-47)43-51-33-21-31-49(35-51)41-67(55)37-45-23-13-9-14-24-45/h9-36H,5-8,37-44H2,1-4H3. The Morgan fingerprint density at radius 2 is 0.557 bits per heavy atom. The Kier molecular flexibility index (Phi) is 15.5. The largest absolute Gasteiger partial charge is 0.341 e. The van der Waals surface area contributed by atoms with E-state index in [0.29, 0.717) is 88.0 Å². The normalized spacial score (nSPS) is 13.0. The first kappa shape index (κ1) is 47.2. The molecule has 70 heavy (non-hydrogen) atoms. The van der Waals surface area contributed by atoms with Gasteiger partial charge in [-0.15, -0.1) is 0 Å². The van der Waals surface area contributed by atoms with Crippen LogP contribution < -0.4 is 29.4 Å². The fourth-order valence-corrected chi connectivity index (χ4v) is 9.09. The van der Waals surface area contributed by atoms with Gasteiger partial charge in [0.2, 0.25) is 35.7 Å². The third-order valence-electron chi connectivity index (χ3n) is 12.8. The van der Waals surface area contributed by atoms with E-state index in [1.165, 1.54) is 22.3 Å². The van der Waals surface area contributed by atoms with Crippen molar-refractivity contribution in [2.45, 2.75) is 80.1 Å². The van der Waals surface area contributed by atoms with E-state index in [9.17, 15) is 0 Å². The average molecular weight is 929 g/mol. The molecule has 0 aliphatic carbocycles. The summed E-state index contributed by atoms with van der Waals surface area (Å²) in [6.45, 7) is 16.4. The van der Waals surface area contributed by atoms with Gasteiger partial charge in [-0.3, -0.25) is 0 Å². The second-order valence-electron chi connectivity index (χ2n) is 17.8. The van der Waals surface area contributed by atoms with E-state index in [1.54, 1.807) is 0 Å². The molecule has 2 aromatic heterocycles. The van der Waals surface area contributed by atoms with E-state index >= 15 is 0 Å². The first-order chi connectivity index (χ1) is 34.4. The highest BCUT2D eigenvalue weighted by Gasteiger charge is 2.25. The summed E-state index contributed by atoms with van der Waals surface area (Å²) in [6, 6.07) is 60.2. The van der Waals surface area contributed by atoms with Gasteiger partial charge >= 0.3 is 0 Å². The van der Waals surface area contributed by atoms with Gasteiger partial charge in [0, 0.05) is 78.5 Å². The molecule has 0 radical (unpaired) electrons. The molecular weight excluding hydrogens is 865 g/mol. The zero-order valence-corrected chi connectivity index (χ0v) is 41.0.